The fourth-order valence-corrected chi connectivity index (χ4v) is 4.31. The van der Waals surface area contributed by atoms with Crippen molar-refractivity contribution in [2.75, 3.05) is 6.61 Å². The van der Waals surface area contributed by atoms with Crippen molar-refractivity contribution in [2.24, 2.45) is 0 Å². The van der Waals surface area contributed by atoms with Crippen molar-refractivity contribution in [2.45, 2.75) is 32.5 Å². The van der Waals surface area contributed by atoms with Crippen molar-refractivity contribution >= 4 is 35.0 Å². The number of aromatic nitrogens is 2. The first-order valence-corrected chi connectivity index (χ1v) is 11.2. The summed E-state index contributed by atoms with van der Waals surface area (Å²) in [5.41, 5.74) is 3.17. The van der Waals surface area contributed by atoms with Gasteiger partial charge < -0.3 is 15.3 Å². The summed E-state index contributed by atoms with van der Waals surface area (Å²) < 4.78 is 14.2. The molecule has 0 bridgehead atoms. The molecule has 0 saturated carbocycles. The molecule has 0 spiro atoms. The van der Waals surface area contributed by atoms with Crippen LogP contribution in [0.15, 0.2) is 42.6 Å². The lowest BCUT2D eigenvalue weighted by Gasteiger charge is -2.27. The van der Waals surface area contributed by atoms with Gasteiger partial charge in [0, 0.05) is 23.2 Å². The van der Waals surface area contributed by atoms with Gasteiger partial charge in [-0.3, -0.25) is 9.59 Å². The summed E-state index contributed by atoms with van der Waals surface area (Å²) in [5, 5.41) is 13.0. The molecule has 10 heteroatoms. The van der Waals surface area contributed by atoms with Crippen molar-refractivity contribution in [1.29, 1.82) is 0 Å². The Kier molecular flexibility index (Phi) is 6.84. The van der Waals surface area contributed by atoms with Gasteiger partial charge in [0.25, 0.3) is 5.91 Å². The molecule has 0 saturated heterocycles. The molecule has 4 rings (SSSR count). The predicted octanol–water partition coefficient (Wildman–Crippen LogP) is 4.09. The molecule has 2 heterocycles. The van der Waals surface area contributed by atoms with E-state index >= 15 is 0 Å². The van der Waals surface area contributed by atoms with Gasteiger partial charge in [-0.1, -0.05) is 41.4 Å². The zero-order valence-electron chi connectivity index (χ0n) is 18.3. The minimum atomic E-state index is -1.14. The molecule has 1 aliphatic heterocycles. The Morgan fingerprint density at radius 1 is 1.26 bits per heavy atom. The number of aliphatic hydroxyl groups is 1. The number of halogens is 3. The summed E-state index contributed by atoms with van der Waals surface area (Å²) >= 11 is 12.1. The topological polar surface area (TPSA) is 95.4 Å². The lowest BCUT2D eigenvalue weighted by atomic mass is 10.0. The summed E-state index contributed by atoms with van der Waals surface area (Å²) in [6.07, 6.45) is 1.37. The van der Waals surface area contributed by atoms with Crippen LogP contribution in [-0.2, 0) is 11.3 Å². The van der Waals surface area contributed by atoms with E-state index in [1.54, 1.807) is 37.3 Å². The molecule has 0 fully saturated rings. The van der Waals surface area contributed by atoms with Crippen LogP contribution in [-0.4, -0.2) is 44.4 Å². The van der Waals surface area contributed by atoms with Gasteiger partial charge >= 0.3 is 0 Å². The summed E-state index contributed by atoms with van der Waals surface area (Å²) in [6.45, 7) is 3.02. The molecule has 2 atom stereocenters. The fraction of sp³-hybridized carbons (Fsp3) is 0.250. The van der Waals surface area contributed by atoms with Crippen molar-refractivity contribution in [3.8, 4) is 11.3 Å². The maximum absolute atomic E-state index is 14.2. The fourth-order valence-electron chi connectivity index (χ4n) is 3.98. The summed E-state index contributed by atoms with van der Waals surface area (Å²) in [6, 6.07) is 7.94. The van der Waals surface area contributed by atoms with Gasteiger partial charge in [-0.15, -0.1) is 0 Å². The normalized spacial score (nSPS) is 14.6. The zero-order valence-corrected chi connectivity index (χ0v) is 19.9. The van der Waals surface area contributed by atoms with Crippen LogP contribution >= 0.6 is 23.2 Å². The maximum atomic E-state index is 14.2. The largest absolute Gasteiger partial charge is 0.394 e. The first-order valence-electron chi connectivity index (χ1n) is 10.5. The lowest BCUT2D eigenvalue weighted by Crippen LogP contribution is -2.49. The Labute approximate surface area is 205 Å². The van der Waals surface area contributed by atoms with E-state index in [-0.39, 0.29) is 16.9 Å². The van der Waals surface area contributed by atoms with Gasteiger partial charge in [0.15, 0.2) is 0 Å². The minimum Gasteiger partial charge on any atom is -0.394 e. The summed E-state index contributed by atoms with van der Waals surface area (Å²) in [7, 11) is 0. The van der Waals surface area contributed by atoms with E-state index < -0.39 is 36.3 Å². The van der Waals surface area contributed by atoms with Crippen molar-refractivity contribution in [1.82, 2.24) is 20.2 Å². The third-order valence-corrected chi connectivity index (χ3v) is 6.22. The van der Waals surface area contributed by atoms with Gasteiger partial charge in [0.05, 0.1) is 29.6 Å². The van der Waals surface area contributed by atoms with E-state index in [1.807, 2.05) is 6.92 Å². The van der Waals surface area contributed by atoms with Crippen LogP contribution in [0.1, 0.15) is 40.0 Å². The van der Waals surface area contributed by atoms with E-state index in [4.69, 9.17) is 23.2 Å². The highest BCUT2D eigenvalue weighted by molar-refractivity contribution is 6.33. The van der Waals surface area contributed by atoms with Crippen molar-refractivity contribution in [3.63, 3.8) is 0 Å². The first-order chi connectivity index (χ1) is 16.2. The van der Waals surface area contributed by atoms with E-state index in [0.717, 1.165) is 5.56 Å². The van der Waals surface area contributed by atoms with Gasteiger partial charge in [0.2, 0.25) is 11.2 Å². The highest BCUT2D eigenvalue weighted by Gasteiger charge is 2.37. The molecule has 7 nitrogen and oxygen atoms in total. The second-order valence-corrected chi connectivity index (χ2v) is 8.84. The van der Waals surface area contributed by atoms with E-state index in [1.165, 1.54) is 17.2 Å². The van der Waals surface area contributed by atoms with Crippen molar-refractivity contribution in [3.05, 3.63) is 81.0 Å². The number of rotatable bonds is 6. The quantitative estimate of drug-likeness (QED) is 0.495. The Hall–Kier alpha value is -3.07. The Morgan fingerprint density at radius 2 is 2.03 bits per heavy atom. The number of carbonyl (C=O) groups is 2. The second-order valence-electron chi connectivity index (χ2n) is 8.09. The SMILES string of the molecule is Cc1ccc(F)c(C(C)NC(=O)C(CO)N2Cc3ccc(-c4nc(Cl)ncc4Cl)cc3C2=O)c1. The molecule has 176 valence electrons. The van der Waals surface area contributed by atoms with Crippen LogP contribution in [0.2, 0.25) is 10.3 Å². The van der Waals surface area contributed by atoms with Crippen LogP contribution in [0.4, 0.5) is 4.39 Å². The standard InChI is InChI=1S/C24H21Cl2FN4O3/c1-12-3-6-19(27)16(7-12)13(2)29-22(33)20(11-32)31-10-15-5-4-14(8-17(15)23(31)34)21-18(25)9-28-24(26)30-21/h3-9,13,20,32H,10-11H2,1-2H3,(H,29,33). The van der Waals surface area contributed by atoms with Crippen LogP contribution in [0.25, 0.3) is 11.3 Å². The molecule has 3 aromatic rings. The molecule has 2 N–H and O–H groups in total. The first kappa shape index (κ1) is 24.1. The van der Waals surface area contributed by atoms with E-state index in [9.17, 15) is 19.1 Å². The van der Waals surface area contributed by atoms with E-state index in [0.29, 0.717) is 27.9 Å². The summed E-state index contributed by atoms with van der Waals surface area (Å²) in [5.74, 6) is -1.45. The van der Waals surface area contributed by atoms with Crippen LogP contribution in [0.5, 0.6) is 0 Å². The highest BCUT2D eigenvalue weighted by Crippen LogP contribution is 2.32. The van der Waals surface area contributed by atoms with Crippen LogP contribution in [0.3, 0.4) is 0 Å². The molecule has 0 radical (unpaired) electrons. The molecular weight excluding hydrogens is 482 g/mol. The third kappa shape index (κ3) is 4.61. The molecule has 0 aliphatic carbocycles. The Bertz CT molecular complexity index is 1290. The predicted molar refractivity (Wildman–Crippen MR) is 126 cm³/mol. The average molecular weight is 503 g/mol. The van der Waals surface area contributed by atoms with Crippen molar-refractivity contribution < 1.29 is 19.1 Å². The Balaban J connectivity index is 1.55. The Morgan fingerprint density at radius 3 is 2.76 bits per heavy atom. The molecule has 2 unspecified atom stereocenters. The minimum absolute atomic E-state index is 0.0176. The second kappa shape index (κ2) is 9.66. The number of nitrogens with zero attached hydrogens (tertiary/aromatic N) is 3. The number of aryl methyl sites for hydroxylation is 1. The van der Waals surface area contributed by atoms with Crippen LogP contribution in [0, 0.1) is 12.7 Å². The molecule has 1 aliphatic rings. The molecule has 1 aromatic heterocycles. The lowest BCUT2D eigenvalue weighted by molar-refractivity contribution is -0.127. The summed E-state index contributed by atoms with van der Waals surface area (Å²) in [4.78, 5) is 35.4. The van der Waals surface area contributed by atoms with Crippen LogP contribution < -0.4 is 5.32 Å². The molecular formula is C24H21Cl2FN4O3. The number of carbonyl (C=O) groups excluding carboxylic acids is 2. The maximum Gasteiger partial charge on any atom is 0.255 e. The van der Waals surface area contributed by atoms with Gasteiger partial charge in [0.1, 0.15) is 11.9 Å². The number of benzene rings is 2. The highest BCUT2D eigenvalue weighted by atomic mass is 35.5. The average Bonchev–Trinajstić information content (AvgIpc) is 3.13. The number of hydrogen-bond donors (Lipinski definition) is 2. The van der Waals surface area contributed by atoms with E-state index in [2.05, 4.69) is 15.3 Å². The van der Waals surface area contributed by atoms with Gasteiger partial charge in [-0.05, 0) is 43.1 Å². The smallest absolute Gasteiger partial charge is 0.255 e. The third-order valence-electron chi connectivity index (χ3n) is 5.76. The molecule has 2 amide bonds. The molecule has 34 heavy (non-hydrogen) atoms. The number of aliphatic hydroxyl groups excluding tert-OH is 1. The number of fused-ring (bicyclic) bond motifs is 1. The number of hydrogen-bond acceptors (Lipinski definition) is 5. The monoisotopic (exact) mass is 502 g/mol. The zero-order chi connectivity index (χ0) is 24.6. The number of amides is 2. The van der Waals surface area contributed by atoms with Gasteiger partial charge in [-0.2, -0.15) is 0 Å². The number of nitrogens with one attached hydrogen (secondary N) is 1. The van der Waals surface area contributed by atoms with Gasteiger partial charge in [-0.25, -0.2) is 14.4 Å². The molecule has 2 aromatic carbocycles.